The molecule has 1 aromatic carbocycles. The summed E-state index contributed by atoms with van der Waals surface area (Å²) in [5.41, 5.74) is 0.259. The fourth-order valence-electron chi connectivity index (χ4n) is 1.16. The standard InChI is InChI=1S/C11H8F3NO2/c12-11(13,14)17-9-5-3-8(4-6-9)10(16)2-1-7-15/h3-6H,1-2H2. The average molecular weight is 243 g/mol. The molecule has 90 valence electrons. The molecule has 0 amide bonds. The van der Waals surface area contributed by atoms with Gasteiger partial charge in [0.05, 0.1) is 6.07 Å². The molecule has 0 aliphatic carbocycles. The van der Waals surface area contributed by atoms with Crippen LogP contribution in [-0.2, 0) is 0 Å². The van der Waals surface area contributed by atoms with Gasteiger partial charge in [0, 0.05) is 18.4 Å². The minimum Gasteiger partial charge on any atom is -0.406 e. The maximum atomic E-state index is 11.8. The van der Waals surface area contributed by atoms with E-state index in [2.05, 4.69) is 4.74 Å². The van der Waals surface area contributed by atoms with Gasteiger partial charge in [-0.1, -0.05) is 0 Å². The minimum absolute atomic E-state index is 0.0516. The Labute approximate surface area is 95.4 Å². The van der Waals surface area contributed by atoms with Crippen LogP contribution in [0.5, 0.6) is 5.75 Å². The van der Waals surface area contributed by atoms with Crippen LogP contribution >= 0.6 is 0 Å². The van der Waals surface area contributed by atoms with Crippen molar-refractivity contribution in [3.05, 3.63) is 29.8 Å². The summed E-state index contributed by atoms with van der Waals surface area (Å²) in [6.45, 7) is 0. The molecular weight excluding hydrogens is 235 g/mol. The zero-order valence-electron chi connectivity index (χ0n) is 8.62. The molecule has 0 aliphatic heterocycles. The SMILES string of the molecule is N#CCCC(=O)c1ccc(OC(F)(F)F)cc1. The quantitative estimate of drug-likeness (QED) is 0.763. The molecule has 3 nitrogen and oxygen atoms in total. The van der Waals surface area contributed by atoms with E-state index >= 15 is 0 Å². The first-order valence-corrected chi connectivity index (χ1v) is 4.68. The lowest BCUT2D eigenvalue weighted by atomic mass is 10.1. The predicted octanol–water partition coefficient (Wildman–Crippen LogP) is 3.07. The Morgan fingerprint density at radius 2 is 1.88 bits per heavy atom. The second-order valence-corrected chi connectivity index (χ2v) is 3.15. The predicted molar refractivity (Wildman–Crippen MR) is 52.3 cm³/mol. The number of ketones is 1. The first kappa shape index (κ1) is 13.0. The van der Waals surface area contributed by atoms with E-state index in [1.54, 1.807) is 0 Å². The van der Waals surface area contributed by atoms with Crippen LogP contribution in [0.2, 0.25) is 0 Å². The molecule has 6 heteroatoms. The van der Waals surface area contributed by atoms with Gasteiger partial charge in [-0.25, -0.2) is 0 Å². The van der Waals surface area contributed by atoms with E-state index in [9.17, 15) is 18.0 Å². The topological polar surface area (TPSA) is 50.1 Å². The summed E-state index contributed by atoms with van der Waals surface area (Å²) in [5.74, 6) is -0.667. The molecule has 0 saturated heterocycles. The van der Waals surface area contributed by atoms with Crippen LogP contribution < -0.4 is 4.74 Å². The Kier molecular flexibility index (Phi) is 4.10. The number of carbonyl (C=O) groups excluding carboxylic acids is 1. The van der Waals surface area contributed by atoms with E-state index in [0.29, 0.717) is 0 Å². The summed E-state index contributed by atoms with van der Waals surface area (Å²) in [6.07, 6.45) is -4.61. The van der Waals surface area contributed by atoms with Crippen molar-refractivity contribution in [1.29, 1.82) is 5.26 Å². The van der Waals surface area contributed by atoms with E-state index in [4.69, 9.17) is 5.26 Å². The van der Waals surface area contributed by atoms with Crippen molar-refractivity contribution in [3.63, 3.8) is 0 Å². The fourth-order valence-corrected chi connectivity index (χ4v) is 1.16. The number of Topliss-reactive ketones (excluding diaryl/α,β-unsaturated/α-hetero) is 1. The summed E-state index contributed by atoms with van der Waals surface area (Å²) < 4.78 is 39.2. The Bertz CT molecular complexity index is 432. The van der Waals surface area contributed by atoms with Gasteiger partial charge in [-0.05, 0) is 24.3 Å². The van der Waals surface area contributed by atoms with Crippen molar-refractivity contribution in [2.75, 3.05) is 0 Å². The van der Waals surface area contributed by atoms with Crippen LogP contribution in [0.1, 0.15) is 23.2 Å². The lowest BCUT2D eigenvalue weighted by Crippen LogP contribution is -2.17. The molecule has 0 spiro atoms. The molecule has 0 N–H and O–H groups in total. The minimum atomic E-state index is -4.74. The molecule has 1 rings (SSSR count). The molecule has 0 fully saturated rings. The summed E-state index contributed by atoms with van der Waals surface area (Å²) >= 11 is 0. The molecule has 0 heterocycles. The van der Waals surface area contributed by atoms with Gasteiger partial charge in [-0.2, -0.15) is 5.26 Å². The fraction of sp³-hybridized carbons (Fsp3) is 0.273. The van der Waals surface area contributed by atoms with Crippen molar-refractivity contribution in [1.82, 2.24) is 0 Å². The first-order chi connectivity index (χ1) is 7.92. The maximum absolute atomic E-state index is 11.8. The number of hydrogen-bond acceptors (Lipinski definition) is 3. The third-order valence-corrected chi connectivity index (χ3v) is 1.87. The number of hydrogen-bond donors (Lipinski definition) is 0. The number of halogens is 3. The van der Waals surface area contributed by atoms with Crippen molar-refractivity contribution in [3.8, 4) is 11.8 Å². The van der Waals surface area contributed by atoms with Crippen molar-refractivity contribution >= 4 is 5.78 Å². The van der Waals surface area contributed by atoms with Crippen LogP contribution in [0.15, 0.2) is 24.3 Å². The highest BCUT2D eigenvalue weighted by molar-refractivity contribution is 5.96. The lowest BCUT2D eigenvalue weighted by Gasteiger charge is -2.08. The number of rotatable bonds is 4. The summed E-state index contributed by atoms with van der Waals surface area (Å²) in [6, 6.07) is 6.42. The molecule has 0 atom stereocenters. The van der Waals surface area contributed by atoms with E-state index in [0.717, 1.165) is 12.1 Å². The summed E-state index contributed by atoms with van der Waals surface area (Å²) in [5, 5.41) is 8.29. The number of nitrogens with zero attached hydrogens (tertiary/aromatic N) is 1. The van der Waals surface area contributed by atoms with Crippen molar-refractivity contribution < 1.29 is 22.7 Å². The third kappa shape index (κ3) is 4.55. The molecule has 1 aromatic rings. The van der Waals surface area contributed by atoms with E-state index in [1.807, 2.05) is 6.07 Å². The van der Waals surface area contributed by atoms with Gasteiger partial charge in [-0.15, -0.1) is 13.2 Å². The smallest absolute Gasteiger partial charge is 0.406 e. The van der Waals surface area contributed by atoms with Gasteiger partial charge in [-0.3, -0.25) is 4.79 Å². The van der Waals surface area contributed by atoms with Crippen LogP contribution in [0.4, 0.5) is 13.2 Å². The highest BCUT2D eigenvalue weighted by atomic mass is 19.4. The average Bonchev–Trinajstić information content (AvgIpc) is 2.24. The van der Waals surface area contributed by atoms with Crippen LogP contribution in [0.3, 0.4) is 0 Å². The summed E-state index contributed by atoms with van der Waals surface area (Å²) in [7, 11) is 0. The zero-order chi connectivity index (χ0) is 12.9. The third-order valence-electron chi connectivity index (χ3n) is 1.87. The van der Waals surface area contributed by atoms with Crippen molar-refractivity contribution in [2.45, 2.75) is 19.2 Å². The van der Waals surface area contributed by atoms with Gasteiger partial charge in [0.2, 0.25) is 0 Å². The van der Waals surface area contributed by atoms with Gasteiger partial charge in [0.25, 0.3) is 0 Å². The van der Waals surface area contributed by atoms with Crippen molar-refractivity contribution in [2.24, 2.45) is 0 Å². The first-order valence-electron chi connectivity index (χ1n) is 4.68. The highest BCUT2D eigenvalue weighted by Crippen LogP contribution is 2.23. The van der Waals surface area contributed by atoms with Gasteiger partial charge in [0.1, 0.15) is 5.75 Å². The number of carbonyl (C=O) groups is 1. The van der Waals surface area contributed by atoms with Gasteiger partial charge >= 0.3 is 6.36 Å². The number of nitriles is 1. The van der Waals surface area contributed by atoms with Gasteiger partial charge < -0.3 is 4.74 Å². The molecule has 0 aliphatic rings. The number of alkyl halides is 3. The van der Waals surface area contributed by atoms with E-state index in [1.165, 1.54) is 12.1 Å². The lowest BCUT2D eigenvalue weighted by molar-refractivity contribution is -0.274. The molecule has 0 bridgehead atoms. The zero-order valence-corrected chi connectivity index (χ0v) is 8.62. The molecule has 0 radical (unpaired) electrons. The second-order valence-electron chi connectivity index (χ2n) is 3.15. The molecular formula is C11H8F3NO2. The highest BCUT2D eigenvalue weighted by Gasteiger charge is 2.30. The number of benzene rings is 1. The molecule has 0 aromatic heterocycles. The van der Waals surface area contributed by atoms with Crippen LogP contribution in [0.25, 0.3) is 0 Å². The number of ether oxygens (including phenoxy) is 1. The second kappa shape index (κ2) is 5.34. The Morgan fingerprint density at radius 3 is 2.35 bits per heavy atom. The monoisotopic (exact) mass is 243 g/mol. The van der Waals surface area contributed by atoms with Crippen LogP contribution in [0, 0.1) is 11.3 Å². The molecule has 0 unspecified atom stereocenters. The molecule has 0 saturated carbocycles. The molecule has 17 heavy (non-hydrogen) atoms. The summed E-state index contributed by atoms with van der Waals surface area (Å²) in [4.78, 5) is 11.4. The van der Waals surface area contributed by atoms with E-state index in [-0.39, 0.29) is 29.9 Å². The van der Waals surface area contributed by atoms with Gasteiger partial charge in [0.15, 0.2) is 5.78 Å². The van der Waals surface area contributed by atoms with Crippen LogP contribution in [-0.4, -0.2) is 12.1 Å². The van der Waals surface area contributed by atoms with E-state index < -0.39 is 6.36 Å². The maximum Gasteiger partial charge on any atom is 0.573 e. The Morgan fingerprint density at radius 1 is 1.29 bits per heavy atom. The largest absolute Gasteiger partial charge is 0.573 e. The Balaban J connectivity index is 2.68. The normalized spacial score (nSPS) is 10.7. The Hall–Kier alpha value is -2.03.